The van der Waals surface area contributed by atoms with Crippen molar-refractivity contribution in [2.45, 2.75) is 0 Å². The summed E-state index contributed by atoms with van der Waals surface area (Å²) in [6.07, 6.45) is 1.81. The fourth-order valence-electron chi connectivity index (χ4n) is 2.97. The van der Waals surface area contributed by atoms with Crippen LogP contribution in [0.1, 0.15) is 0 Å². The number of hydrogen-bond acceptors (Lipinski definition) is 4. The Balaban J connectivity index is 1.67. The summed E-state index contributed by atoms with van der Waals surface area (Å²) in [5, 5.41) is 4.49. The number of para-hydroxylation sites is 2. The monoisotopic (exact) mass is 305 g/mol. The molecule has 4 rings (SSSR count). The minimum atomic E-state index is 0.765. The Bertz CT molecular complexity index is 798. The molecule has 4 nitrogen and oxygen atoms in total. The van der Waals surface area contributed by atoms with Gasteiger partial charge in [-0.3, -0.25) is 4.98 Å². The first-order valence-electron chi connectivity index (χ1n) is 7.97. The van der Waals surface area contributed by atoms with E-state index in [0.29, 0.717) is 0 Å². The van der Waals surface area contributed by atoms with Gasteiger partial charge in [-0.1, -0.05) is 30.3 Å². The van der Waals surface area contributed by atoms with Crippen molar-refractivity contribution in [2.75, 3.05) is 31.1 Å². The molecule has 1 N–H and O–H groups in total. The van der Waals surface area contributed by atoms with Crippen molar-refractivity contribution in [1.82, 2.24) is 10.3 Å². The lowest BCUT2D eigenvalue weighted by Gasteiger charge is -2.30. The minimum Gasteiger partial charge on any atom is -0.456 e. The lowest BCUT2D eigenvalue weighted by Crippen LogP contribution is -2.43. The zero-order valence-electron chi connectivity index (χ0n) is 12.9. The number of piperazine rings is 1. The van der Waals surface area contributed by atoms with Gasteiger partial charge in [0.15, 0.2) is 0 Å². The fourth-order valence-corrected chi connectivity index (χ4v) is 2.97. The van der Waals surface area contributed by atoms with Crippen molar-refractivity contribution < 1.29 is 4.74 Å². The quantitative estimate of drug-likeness (QED) is 0.804. The second kappa shape index (κ2) is 6.26. The summed E-state index contributed by atoms with van der Waals surface area (Å²) in [5.41, 5.74) is 2.24. The third-order valence-corrected chi connectivity index (χ3v) is 4.10. The van der Waals surface area contributed by atoms with Crippen LogP contribution in [0.25, 0.3) is 10.9 Å². The normalized spacial score (nSPS) is 14.9. The van der Waals surface area contributed by atoms with Crippen LogP contribution in [0.2, 0.25) is 0 Å². The maximum absolute atomic E-state index is 5.89. The molecule has 0 spiro atoms. The zero-order valence-corrected chi connectivity index (χ0v) is 12.9. The number of ether oxygens (including phenoxy) is 1. The van der Waals surface area contributed by atoms with Crippen molar-refractivity contribution in [3.05, 3.63) is 60.8 Å². The molecule has 2 heterocycles. The van der Waals surface area contributed by atoms with Crippen LogP contribution in [0.3, 0.4) is 0 Å². The number of hydrogen-bond donors (Lipinski definition) is 1. The molecule has 0 atom stereocenters. The average Bonchev–Trinajstić information content (AvgIpc) is 2.63. The van der Waals surface area contributed by atoms with Gasteiger partial charge in [0.05, 0.1) is 17.4 Å². The Morgan fingerprint density at radius 2 is 1.74 bits per heavy atom. The molecular weight excluding hydrogens is 286 g/mol. The Morgan fingerprint density at radius 3 is 2.57 bits per heavy atom. The van der Waals surface area contributed by atoms with Gasteiger partial charge in [-0.2, -0.15) is 0 Å². The number of nitrogens with zero attached hydrogens (tertiary/aromatic N) is 2. The summed E-state index contributed by atoms with van der Waals surface area (Å²) in [7, 11) is 0. The number of fused-ring (bicyclic) bond motifs is 1. The van der Waals surface area contributed by atoms with E-state index in [1.54, 1.807) is 6.20 Å². The second-order valence-electron chi connectivity index (χ2n) is 5.67. The Hall–Kier alpha value is -2.59. The number of aromatic nitrogens is 1. The van der Waals surface area contributed by atoms with Gasteiger partial charge in [0.1, 0.15) is 11.5 Å². The molecule has 0 aliphatic carbocycles. The van der Waals surface area contributed by atoms with Crippen molar-refractivity contribution in [3.63, 3.8) is 0 Å². The van der Waals surface area contributed by atoms with Crippen molar-refractivity contribution in [2.24, 2.45) is 0 Å². The van der Waals surface area contributed by atoms with E-state index in [-0.39, 0.29) is 0 Å². The van der Waals surface area contributed by atoms with E-state index in [2.05, 4.69) is 39.5 Å². The summed E-state index contributed by atoms with van der Waals surface area (Å²) in [6.45, 7) is 4.07. The van der Waals surface area contributed by atoms with E-state index in [9.17, 15) is 0 Å². The third kappa shape index (κ3) is 2.98. The van der Waals surface area contributed by atoms with Crippen molar-refractivity contribution in [3.8, 4) is 11.5 Å². The Labute approximate surface area is 135 Å². The molecular formula is C19H19N3O. The molecule has 0 amide bonds. The molecule has 1 saturated heterocycles. The van der Waals surface area contributed by atoms with Crippen LogP contribution in [0, 0.1) is 0 Å². The predicted molar refractivity (Wildman–Crippen MR) is 93.3 cm³/mol. The molecule has 0 radical (unpaired) electrons. The first kappa shape index (κ1) is 14.0. The lowest BCUT2D eigenvalue weighted by atomic mass is 10.1. The maximum atomic E-state index is 5.89. The molecule has 0 unspecified atom stereocenters. The maximum Gasteiger partial charge on any atom is 0.146 e. The Kier molecular flexibility index (Phi) is 3.82. The highest BCUT2D eigenvalue weighted by Crippen LogP contribution is 2.29. The smallest absolute Gasteiger partial charge is 0.146 e. The molecule has 1 aliphatic heterocycles. The van der Waals surface area contributed by atoms with Gasteiger partial charge in [0.2, 0.25) is 0 Å². The van der Waals surface area contributed by atoms with Crippen molar-refractivity contribution >= 4 is 16.6 Å². The minimum absolute atomic E-state index is 0.765. The third-order valence-electron chi connectivity index (χ3n) is 4.10. The molecule has 116 valence electrons. The SMILES string of the molecule is c1ccc(Oc2cnc3c(N4CCNCC4)cccc3c2)cc1. The van der Waals surface area contributed by atoms with Crippen LogP contribution in [-0.2, 0) is 0 Å². The zero-order chi connectivity index (χ0) is 15.5. The summed E-state index contributed by atoms with van der Waals surface area (Å²) in [6, 6.07) is 18.2. The summed E-state index contributed by atoms with van der Waals surface area (Å²) >= 11 is 0. The number of benzene rings is 2. The van der Waals surface area contributed by atoms with Gasteiger partial charge in [-0.25, -0.2) is 0 Å². The van der Waals surface area contributed by atoms with Crippen LogP contribution in [0.4, 0.5) is 5.69 Å². The molecule has 2 aromatic carbocycles. The number of anilines is 1. The van der Waals surface area contributed by atoms with Gasteiger partial charge in [0.25, 0.3) is 0 Å². The van der Waals surface area contributed by atoms with E-state index in [1.807, 2.05) is 30.3 Å². The average molecular weight is 305 g/mol. The molecule has 1 aliphatic rings. The lowest BCUT2D eigenvalue weighted by molar-refractivity contribution is 0.481. The highest BCUT2D eigenvalue weighted by atomic mass is 16.5. The second-order valence-corrected chi connectivity index (χ2v) is 5.67. The van der Waals surface area contributed by atoms with E-state index in [1.165, 1.54) is 5.69 Å². The van der Waals surface area contributed by atoms with Crippen LogP contribution >= 0.6 is 0 Å². The molecule has 23 heavy (non-hydrogen) atoms. The Morgan fingerprint density at radius 1 is 0.913 bits per heavy atom. The highest BCUT2D eigenvalue weighted by molar-refractivity contribution is 5.91. The number of nitrogens with one attached hydrogen (secondary N) is 1. The van der Waals surface area contributed by atoms with E-state index >= 15 is 0 Å². The largest absolute Gasteiger partial charge is 0.456 e. The molecule has 0 bridgehead atoms. The molecule has 1 aromatic heterocycles. The van der Waals surface area contributed by atoms with E-state index in [0.717, 1.165) is 48.6 Å². The summed E-state index contributed by atoms with van der Waals surface area (Å²) < 4.78 is 5.89. The standard InChI is InChI=1S/C19H19N3O/c1-2-6-16(7-3-1)23-17-13-15-5-4-8-18(19(15)21-14-17)22-11-9-20-10-12-22/h1-8,13-14,20H,9-12H2. The summed E-state index contributed by atoms with van der Waals surface area (Å²) in [4.78, 5) is 7.06. The van der Waals surface area contributed by atoms with E-state index < -0.39 is 0 Å². The molecule has 3 aromatic rings. The number of pyridine rings is 1. The van der Waals surface area contributed by atoms with Gasteiger partial charge in [0, 0.05) is 31.6 Å². The fraction of sp³-hybridized carbons (Fsp3) is 0.211. The molecule has 1 fully saturated rings. The van der Waals surface area contributed by atoms with Crippen LogP contribution in [-0.4, -0.2) is 31.2 Å². The van der Waals surface area contributed by atoms with Gasteiger partial charge in [-0.15, -0.1) is 0 Å². The van der Waals surface area contributed by atoms with Gasteiger partial charge < -0.3 is 15.0 Å². The van der Waals surface area contributed by atoms with Crippen LogP contribution in [0.15, 0.2) is 60.8 Å². The molecule has 4 heteroatoms. The summed E-state index contributed by atoms with van der Waals surface area (Å²) in [5.74, 6) is 1.59. The molecule has 0 saturated carbocycles. The predicted octanol–water partition coefficient (Wildman–Crippen LogP) is 3.44. The van der Waals surface area contributed by atoms with Crippen LogP contribution < -0.4 is 15.0 Å². The van der Waals surface area contributed by atoms with Crippen LogP contribution in [0.5, 0.6) is 11.5 Å². The first-order chi connectivity index (χ1) is 11.4. The highest BCUT2D eigenvalue weighted by Gasteiger charge is 2.14. The topological polar surface area (TPSA) is 37.4 Å². The van der Waals surface area contributed by atoms with E-state index in [4.69, 9.17) is 4.74 Å². The first-order valence-corrected chi connectivity index (χ1v) is 7.97. The number of rotatable bonds is 3. The van der Waals surface area contributed by atoms with Gasteiger partial charge >= 0.3 is 0 Å². The van der Waals surface area contributed by atoms with Gasteiger partial charge in [-0.05, 0) is 24.3 Å². The van der Waals surface area contributed by atoms with Crippen molar-refractivity contribution in [1.29, 1.82) is 0 Å².